The topological polar surface area (TPSA) is 49.8 Å². The minimum atomic E-state index is -0.951. The molecule has 0 bridgehead atoms. The minimum Gasteiger partial charge on any atom is -0.489 e. The quantitative estimate of drug-likeness (QED) is 0.794. The van der Waals surface area contributed by atoms with Gasteiger partial charge in [-0.15, -0.1) is 0 Å². The molecule has 0 aliphatic carbocycles. The van der Waals surface area contributed by atoms with Gasteiger partial charge in [0.15, 0.2) is 0 Å². The average Bonchev–Trinajstić information content (AvgIpc) is 2.26. The van der Waals surface area contributed by atoms with Crippen LogP contribution in [0.5, 0.6) is 5.75 Å². The maximum Gasteiger partial charge on any atom is 0.328 e. The summed E-state index contributed by atoms with van der Waals surface area (Å²) >= 11 is 0. The van der Waals surface area contributed by atoms with Crippen LogP contribution in [0.15, 0.2) is 35.9 Å². The highest BCUT2D eigenvalue weighted by Gasteiger charge is 2.00. The molecule has 0 aliphatic rings. The standard InChI is InChI=1S/C13H17NO3/c1-10(7-13(15)16)9-17-12-6-4-5-11(8-12)14(2)3/h4-8H,9H2,1-3H3,(H,15,16). The van der Waals surface area contributed by atoms with Crippen molar-refractivity contribution in [2.45, 2.75) is 6.92 Å². The summed E-state index contributed by atoms with van der Waals surface area (Å²) in [4.78, 5) is 12.4. The molecular weight excluding hydrogens is 218 g/mol. The molecule has 1 aromatic carbocycles. The van der Waals surface area contributed by atoms with Gasteiger partial charge in [0, 0.05) is 31.9 Å². The second-order valence-electron chi connectivity index (χ2n) is 4.01. The van der Waals surface area contributed by atoms with E-state index in [-0.39, 0.29) is 6.61 Å². The summed E-state index contributed by atoms with van der Waals surface area (Å²) in [6.45, 7) is 2.01. The van der Waals surface area contributed by atoms with Crippen molar-refractivity contribution >= 4 is 11.7 Å². The summed E-state index contributed by atoms with van der Waals surface area (Å²) in [5, 5.41) is 8.56. The van der Waals surface area contributed by atoms with Crippen LogP contribution < -0.4 is 9.64 Å². The van der Waals surface area contributed by atoms with Crippen molar-refractivity contribution in [3.63, 3.8) is 0 Å². The Morgan fingerprint density at radius 3 is 2.76 bits per heavy atom. The van der Waals surface area contributed by atoms with Crippen molar-refractivity contribution in [3.05, 3.63) is 35.9 Å². The zero-order valence-electron chi connectivity index (χ0n) is 10.3. The fourth-order valence-electron chi connectivity index (χ4n) is 1.30. The van der Waals surface area contributed by atoms with Crippen LogP contribution in [0.4, 0.5) is 5.69 Å². The van der Waals surface area contributed by atoms with Crippen molar-refractivity contribution < 1.29 is 14.6 Å². The van der Waals surface area contributed by atoms with Crippen LogP contribution in [-0.2, 0) is 4.79 Å². The number of rotatable bonds is 5. The van der Waals surface area contributed by atoms with Crippen molar-refractivity contribution in [1.82, 2.24) is 0 Å². The first-order valence-corrected chi connectivity index (χ1v) is 5.29. The molecule has 0 amide bonds. The number of ether oxygens (including phenoxy) is 1. The highest BCUT2D eigenvalue weighted by Crippen LogP contribution is 2.19. The normalized spacial score (nSPS) is 11.1. The highest BCUT2D eigenvalue weighted by molar-refractivity contribution is 5.80. The molecule has 1 N–H and O–H groups in total. The lowest BCUT2D eigenvalue weighted by Crippen LogP contribution is -2.08. The molecule has 0 aliphatic heterocycles. The van der Waals surface area contributed by atoms with E-state index in [1.807, 2.05) is 43.3 Å². The number of carbonyl (C=O) groups is 1. The van der Waals surface area contributed by atoms with Gasteiger partial charge < -0.3 is 14.7 Å². The molecular formula is C13H17NO3. The van der Waals surface area contributed by atoms with E-state index < -0.39 is 5.97 Å². The fourth-order valence-corrected chi connectivity index (χ4v) is 1.30. The van der Waals surface area contributed by atoms with Crippen molar-refractivity contribution in [3.8, 4) is 5.75 Å². The molecule has 0 radical (unpaired) electrons. The summed E-state index contributed by atoms with van der Waals surface area (Å²) < 4.78 is 5.50. The number of nitrogens with zero attached hydrogens (tertiary/aromatic N) is 1. The van der Waals surface area contributed by atoms with Gasteiger partial charge in [-0.05, 0) is 24.6 Å². The largest absolute Gasteiger partial charge is 0.489 e. The lowest BCUT2D eigenvalue weighted by molar-refractivity contribution is -0.131. The van der Waals surface area contributed by atoms with E-state index in [4.69, 9.17) is 9.84 Å². The minimum absolute atomic E-state index is 0.281. The van der Waals surface area contributed by atoms with E-state index in [0.29, 0.717) is 5.57 Å². The Morgan fingerprint density at radius 1 is 1.47 bits per heavy atom. The number of carboxylic acids is 1. The molecule has 4 nitrogen and oxygen atoms in total. The predicted molar refractivity (Wildman–Crippen MR) is 67.7 cm³/mol. The Morgan fingerprint density at radius 2 is 2.18 bits per heavy atom. The second-order valence-corrected chi connectivity index (χ2v) is 4.01. The van der Waals surface area contributed by atoms with E-state index in [2.05, 4.69) is 0 Å². The third kappa shape index (κ3) is 4.59. The molecule has 17 heavy (non-hydrogen) atoms. The zero-order valence-corrected chi connectivity index (χ0v) is 10.3. The SMILES string of the molecule is CC(=CC(=O)O)COc1cccc(N(C)C)c1. The van der Waals surface area contributed by atoms with Crippen molar-refractivity contribution in [2.24, 2.45) is 0 Å². The lowest BCUT2D eigenvalue weighted by atomic mass is 10.2. The van der Waals surface area contributed by atoms with Gasteiger partial charge in [0.25, 0.3) is 0 Å². The molecule has 0 unspecified atom stereocenters. The molecule has 0 saturated heterocycles. The maximum atomic E-state index is 10.4. The fraction of sp³-hybridized carbons (Fsp3) is 0.308. The van der Waals surface area contributed by atoms with Gasteiger partial charge in [0.2, 0.25) is 0 Å². The molecule has 0 spiro atoms. The summed E-state index contributed by atoms with van der Waals surface area (Å²) in [6.07, 6.45) is 1.15. The molecule has 1 aromatic rings. The summed E-state index contributed by atoms with van der Waals surface area (Å²) in [5.74, 6) is -0.220. The molecule has 0 heterocycles. The van der Waals surface area contributed by atoms with Crippen LogP contribution in [0.3, 0.4) is 0 Å². The molecule has 0 saturated carbocycles. The van der Waals surface area contributed by atoms with Crippen LogP contribution in [0.2, 0.25) is 0 Å². The summed E-state index contributed by atoms with van der Waals surface area (Å²) in [6, 6.07) is 7.64. The van der Waals surface area contributed by atoms with Gasteiger partial charge in [-0.3, -0.25) is 0 Å². The van der Waals surface area contributed by atoms with Gasteiger partial charge in [0.1, 0.15) is 12.4 Å². The van der Waals surface area contributed by atoms with E-state index in [1.165, 1.54) is 0 Å². The van der Waals surface area contributed by atoms with E-state index in [1.54, 1.807) is 6.92 Å². The van der Waals surface area contributed by atoms with Crippen LogP contribution in [0.1, 0.15) is 6.92 Å². The Bertz CT molecular complexity index is 424. The van der Waals surface area contributed by atoms with E-state index in [9.17, 15) is 4.79 Å². The Hall–Kier alpha value is -1.97. The summed E-state index contributed by atoms with van der Waals surface area (Å²) in [5.41, 5.74) is 1.72. The number of carboxylic acid groups (broad SMARTS) is 1. The first-order chi connectivity index (χ1) is 7.99. The number of hydrogen-bond acceptors (Lipinski definition) is 3. The van der Waals surface area contributed by atoms with Crippen molar-refractivity contribution in [2.75, 3.05) is 25.6 Å². The van der Waals surface area contributed by atoms with Gasteiger partial charge in [-0.2, -0.15) is 0 Å². The second kappa shape index (κ2) is 5.94. The molecule has 0 atom stereocenters. The van der Waals surface area contributed by atoms with Crippen LogP contribution in [-0.4, -0.2) is 31.8 Å². The van der Waals surface area contributed by atoms with E-state index >= 15 is 0 Å². The number of hydrogen-bond donors (Lipinski definition) is 1. The van der Waals surface area contributed by atoms with E-state index in [0.717, 1.165) is 17.5 Å². The van der Waals surface area contributed by atoms with Crippen molar-refractivity contribution in [1.29, 1.82) is 0 Å². The Balaban J connectivity index is 2.63. The predicted octanol–water partition coefficient (Wildman–Crippen LogP) is 2.16. The molecule has 1 rings (SSSR count). The van der Waals surface area contributed by atoms with Crippen LogP contribution in [0.25, 0.3) is 0 Å². The third-order valence-electron chi connectivity index (χ3n) is 2.17. The molecule has 92 valence electrons. The number of anilines is 1. The van der Waals surface area contributed by atoms with Gasteiger partial charge in [-0.25, -0.2) is 4.79 Å². The van der Waals surface area contributed by atoms with Gasteiger partial charge in [-0.1, -0.05) is 6.07 Å². The number of benzene rings is 1. The Labute approximate surface area is 101 Å². The summed E-state index contributed by atoms with van der Waals surface area (Å²) in [7, 11) is 3.91. The molecule has 0 fully saturated rings. The Kier molecular flexibility index (Phi) is 4.57. The third-order valence-corrected chi connectivity index (χ3v) is 2.17. The highest BCUT2D eigenvalue weighted by atomic mass is 16.5. The van der Waals surface area contributed by atoms with Crippen LogP contribution in [0, 0.1) is 0 Å². The van der Waals surface area contributed by atoms with Gasteiger partial charge >= 0.3 is 5.97 Å². The zero-order chi connectivity index (χ0) is 12.8. The average molecular weight is 235 g/mol. The van der Waals surface area contributed by atoms with Gasteiger partial charge in [0.05, 0.1) is 0 Å². The first kappa shape index (κ1) is 13.1. The number of aliphatic carboxylic acids is 1. The van der Waals surface area contributed by atoms with Crippen LogP contribution >= 0.6 is 0 Å². The molecule has 0 aromatic heterocycles. The monoisotopic (exact) mass is 235 g/mol. The first-order valence-electron chi connectivity index (χ1n) is 5.29. The maximum absolute atomic E-state index is 10.4. The molecule has 4 heteroatoms. The smallest absolute Gasteiger partial charge is 0.328 e. The lowest BCUT2D eigenvalue weighted by Gasteiger charge is -2.14.